The first-order valence-corrected chi connectivity index (χ1v) is 5.00. The molecule has 1 aromatic heterocycles. The fourth-order valence-electron chi connectivity index (χ4n) is 1.56. The number of rotatable bonds is 0. The van der Waals surface area contributed by atoms with Crippen molar-refractivity contribution in [3.05, 3.63) is 28.9 Å². The molecule has 0 aliphatic carbocycles. The Morgan fingerprint density at radius 1 is 1.29 bits per heavy atom. The van der Waals surface area contributed by atoms with Crippen LogP contribution in [0.4, 0.5) is 0 Å². The molecule has 0 spiro atoms. The van der Waals surface area contributed by atoms with E-state index < -0.39 is 0 Å². The largest absolute Gasteiger partial charge is 0.278 e. The lowest BCUT2D eigenvalue weighted by Crippen LogP contribution is -2.11. The van der Waals surface area contributed by atoms with E-state index in [-0.39, 0.29) is 5.41 Å². The highest BCUT2D eigenvalue weighted by Gasteiger charge is 2.18. The van der Waals surface area contributed by atoms with Crippen LogP contribution >= 0.6 is 11.6 Å². The van der Waals surface area contributed by atoms with E-state index in [0.717, 1.165) is 21.5 Å². The maximum absolute atomic E-state index is 6.31. The second-order valence-electron chi connectivity index (χ2n) is 4.51. The highest BCUT2D eigenvalue weighted by molar-refractivity contribution is 6.36. The van der Waals surface area contributed by atoms with Crippen molar-refractivity contribution in [2.75, 3.05) is 0 Å². The van der Waals surface area contributed by atoms with Gasteiger partial charge >= 0.3 is 0 Å². The maximum Gasteiger partial charge on any atom is 0.0665 e. The Bertz CT molecular complexity index is 466. The number of nitrogens with one attached hydrogen (secondary N) is 1. The molecule has 74 valence electrons. The zero-order valence-corrected chi connectivity index (χ0v) is 9.31. The van der Waals surface area contributed by atoms with Crippen LogP contribution in [-0.2, 0) is 5.41 Å². The molecule has 1 aromatic carbocycles. The van der Waals surface area contributed by atoms with E-state index in [0.29, 0.717) is 0 Å². The molecule has 0 amide bonds. The van der Waals surface area contributed by atoms with Crippen molar-refractivity contribution in [2.24, 2.45) is 0 Å². The van der Waals surface area contributed by atoms with Crippen molar-refractivity contribution >= 4 is 22.5 Å². The van der Waals surface area contributed by atoms with Crippen LogP contribution in [0.3, 0.4) is 0 Å². The Labute approximate surface area is 88.3 Å². The van der Waals surface area contributed by atoms with Gasteiger partial charge in [-0.25, -0.2) is 0 Å². The molecule has 0 radical (unpaired) electrons. The molecule has 3 heteroatoms. The van der Waals surface area contributed by atoms with Crippen LogP contribution in [0.25, 0.3) is 10.9 Å². The van der Waals surface area contributed by atoms with Crippen LogP contribution in [-0.4, -0.2) is 10.2 Å². The van der Waals surface area contributed by atoms with Gasteiger partial charge in [0.05, 0.1) is 16.7 Å². The van der Waals surface area contributed by atoms with Crippen LogP contribution < -0.4 is 0 Å². The molecule has 0 saturated heterocycles. The summed E-state index contributed by atoms with van der Waals surface area (Å²) in [5, 5.41) is 8.69. The molecule has 0 aliphatic rings. The lowest BCUT2D eigenvalue weighted by Gasteiger charge is -2.20. The molecule has 2 nitrogen and oxygen atoms in total. The summed E-state index contributed by atoms with van der Waals surface area (Å²) in [7, 11) is 0. The Morgan fingerprint density at radius 3 is 2.64 bits per heavy atom. The van der Waals surface area contributed by atoms with Crippen molar-refractivity contribution in [2.45, 2.75) is 26.2 Å². The molecule has 0 unspecified atom stereocenters. The molecule has 0 saturated carbocycles. The fourth-order valence-corrected chi connectivity index (χ4v) is 2.06. The lowest BCUT2D eigenvalue weighted by molar-refractivity contribution is 0.591. The molecule has 1 N–H and O–H groups in total. The van der Waals surface area contributed by atoms with Crippen LogP contribution in [0.15, 0.2) is 18.3 Å². The van der Waals surface area contributed by atoms with Gasteiger partial charge in [0.1, 0.15) is 0 Å². The summed E-state index contributed by atoms with van der Waals surface area (Å²) in [6.45, 7) is 6.46. The Kier molecular flexibility index (Phi) is 2.04. The Hall–Kier alpha value is -1.02. The highest BCUT2D eigenvalue weighted by Crippen LogP contribution is 2.33. The normalized spacial score (nSPS) is 12.3. The van der Waals surface area contributed by atoms with E-state index in [9.17, 15) is 0 Å². The van der Waals surface area contributed by atoms with Gasteiger partial charge in [-0.05, 0) is 17.0 Å². The summed E-state index contributed by atoms with van der Waals surface area (Å²) >= 11 is 6.31. The number of fused-ring (bicyclic) bond motifs is 1. The molecule has 0 bridgehead atoms. The standard InChI is InChI=1S/C11H13ClN2/c1-11(2,3)8-4-5-9-7(10(8)12)6-13-14-9/h4-6H,1-3H3,(H,13,14). The second-order valence-corrected chi connectivity index (χ2v) is 4.89. The van der Waals surface area contributed by atoms with Gasteiger partial charge in [0, 0.05) is 5.39 Å². The van der Waals surface area contributed by atoms with Crippen molar-refractivity contribution < 1.29 is 0 Å². The summed E-state index contributed by atoms with van der Waals surface area (Å²) in [6.07, 6.45) is 1.77. The topological polar surface area (TPSA) is 28.7 Å². The van der Waals surface area contributed by atoms with Gasteiger partial charge in [0.2, 0.25) is 0 Å². The van der Waals surface area contributed by atoms with Gasteiger partial charge in [-0.2, -0.15) is 5.10 Å². The van der Waals surface area contributed by atoms with E-state index >= 15 is 0 Å². The molecular weight excluding hydrogens is 196 g/mol. The summed E-state index contributed by atoms with van der Waals surface area (Å²) in [5.74, 6) is 0. The van der Waals surface area contributed by atoms with E-state index in [2.05, 4.69) is 37.0 Å². The zero-order chi connectivity index (χ0) is 10.3. The lowest BCUT2D eigenvalue weighted by atomic mass is 9.86. The third-order valence-corrected chi connectivity index (χ3v) is 2.77. The number of H-pyrrole nitrogens is 1. The molecule has 2 aromatic rings. The summed E-state index contributed by atoms with van der Waals surface area (Å²) in [6, 6.07) is 4.08. The predicted molar refractivity (Wildman–Crippen MR) is 59.8 cm³/mol. The average Bonchev–Trinajstić information content (AvgIpc) is 2.50. The van der Waals surface area contributed by atoms with E-state index in [1.165, 1.54) is 0 Å². The quantitative estimate of drug-likeness (QED) is 0.705. The molecular formula is C11H13ClN2. The Balaban J connectivity index is 2.74. The van der Waals surface area contributed by atoms with E-state index in [1.807, 2.05) is 6.07 Å². The first-order valence-electron chi connectivity index (χ1n) is 4.62. The number of hydrogen-bond donors (Lipinski definition) is 1. The van der Waals surface area contributed by atoms with Gasteiger partial charge in [0.15, 0.2) is 0 Å². The molecule has 1 heterocycles. The first kappa shape index (κ1) is 9.53. The van der Waals surface area contributed by atoms with E-state index in [4.69, 9.17) is 11.6 Å². The molecule has 14 heavy (non-hydrogen) atoms. The average molecular weight is 209 g/mol. The second kappa shape index (κ2) is 2.99. The SMILES string of the molecule is CC(C)(C)c1ccc2[nH]ncc2c1Cl. The van der Waals surface area contributed by atoms with Crippen LogP contribution in [0, 0.1) is 0 Å². The molecule has 2 rings (SSSR count). The molecule has 0 atom stereocenters. The number of hydrogen-bond acceptors (Lipinski definition) is 1. The van der Waals surface area contributed by atoms with Crippen LogP contribution in [0.2, 0.25) is 5.02 Å². The van der Waals surface area contributed by atoms with Crippen molar-refractivity contribution in [3.63, 3.8) is 0 Å². The van der Waals surface area contributed by atoms with Crippen molar-refractivity contribution in [1.29, 1.82) is 0 Å². The monoisotopic (exact) mass is 208 g/mol. The number of nitrogens with zero attached hydrogens (tertiary/aromatic N) is 1. The number of benzene rings is 1. The number of halogens is 1. The smallest absolute Gasteiger partial charge is 0.0665 e. The zero-order valence-electron chi connectivity index (χ0n) is 8.56. The first-order chi connectivity index (χ1) is 6.50. The minimum atomic E-state index is 0.0720. The number of aromatic nitrogens is 2. The van der Waals surface area contributed by atoms with Gasteiger partial charge < -0.3 is 0 Å². The van der Waals surface area contributed by atoms with Crippen molar-refractivity contribution in [1.82, 2.24) is 10.2 Å². The predicted octanol–water partition coefficient (Wildman–Crippen LogP) is 3.51. The molecule has 0 aliphatic heterocycles. The van der Waals surface area contributed by atoms with Gasteiger partial charge in [-0.3, -0.25) is 5.10 Å². The highest BCUT2D eigenvalue weighted by atomic mass is 35.5. The minimum absolute atomic E-state index is 0.0720. The van der Waals surface area contributed by atoms with Gasteiger partial charge in [-0.1, -0.05) is 38.4 Å². The summed E-state index contributed by atoms with van der Waals surface area (Å²) < 4.78 is 0. The van der Waals surface area contributed by atoms with Gasteiger partial charge in [-0.15, -0.1) is 0 Å². The number of aromatic amines is 1. The maximum atomic E-state index is 6.31. The van der Waals surface area contributed by atoms with Crippen LogP contribution in [0.1, 0.15) is 26.3 Å². The minimum Gasteiger partial charge on any atom is -0.278 e. The van der Waals surface area contributed by atoms with Crippen LogP contribution in [0.5, 0.6) is 0 Å². The third-order valence-electron chi connectivity index (χ3n) is 2.37. The van der Waals surface area contributed by atoms with Crippen molar-refractivity contribution in [3.8, 4) is 0 Å². The Morgan fingerprint density at radius 2 is 2.00 bits per heavy atom. The summed E-state index contributed by atoms with van der Waals surface area (Å²) in [5.41, 5.74) is 2.22. The third kappa shape index (κ3) is 1.40. The molecule has 0 fully saturated rings. The van der Waals surface area contributed by atoms with E-state index in [1.54, 1.807) is 6.20 Å². The van der Waals surface area contributed by atoms with Gasteiger partial charge in [0.25, 0.3) is 0 Å². The fraction of sp³-hybridized carbons (Fsp3) is 0.364. The summed E-state index contributed by atoms with van der Waals surface area (Å²) in [4.78, 5) is 0.